The number of nitrogens with one attached hydrogen (secondary N) is 1. The Bertz CT molecular complexity index is 380. The van der Waals surface area contributed by atoms with E-state index < -0.39 is 0 Å². The minimum Gasteiger partial charge on any atom is -0.348 e. The summed E-state index contributed by atoms with van der Waals surface area (Å²) in [4.78, 5) is 19.6. The van der Waals surface area contributed by atoms with E-state index in [2.05, 4.69) is 29.1 Å². The molecule has 0 spiro atoms. The van der Waals surface area contributed by atoms with Crippen molar-refractivity contribution in [3.8, 4) is 0 Å². The lowest BCUT2D eigenvalue weighted by atomic mass is 9.95. The van der Waals surface area contributed by atoms with Crippen LogP contribution in [-0.2, 0) is 0 Å². The third-order valence-corrected chi connectivity index (χ3v) is 3.13. The molecule has 1 unspecified atom stereocenters. The van der Waals surface area contributed by atoms with Gasteiger partial charge in [-0.3, -0.25) is 9.78 Å². The Kier molecular flexibility index (Phi) is 5.35. The molecule has 0 aliphatic rings. The van der Waals surface area contributed by atoms with Gasteiger partial charge in [-0.1, -0.05) is 38.3 Å². The Morgan fingerprint density at radius 3 is 2.59 bits per heavy atom. The van der Waals surface area contributed by atoms with Gasteiger partial charge in [-0.25, -0.2) is 4.98 Å². The molecule has 1 aromatic rings. The van der Waals surface area contributed by atoms with Gasteiger partial charge in [0.25, 0.3) is 5.91 Å². The molecule has 1 amide bonds. The number of hydrogen-bond donors (Lipinski definition) is 1. The first-order valence-electron chi connectivity index (χ1n) is 5.86. The van der Waals surface area contributed by atoms with Crippen molar-refractivity contribution in [3.63, 3.8) is 0 Å². The van der Waals surface area contributed by atoms with E-state index in [4.69, 9.17) is 11.6 Å². The summed E-state index contributed by atoms with van der Waals surface area (Å²) >= 11 is 5.69. The van der Waals surface area contributed by atoms with E-state index >= 15 is 0 Å². The Balaban J connectivity index is 2.66. The topological polar surface area (TPSA) is 54.9 Å². The Labute approximate surface area is 107 Å². The highest BCUT2D eigenvalue weighted by molar-refractivity contribution is 6.29. The van der Waals surface area contributed by atoms with Crippen molar-refractivity contribution >= 4 is 17.5 Å². The predicted octanol–water partition coefficient (Wildman–Crippen LogP) is 2.68. The average Bonchev–Trinajstić information content (AvgIpc) is 2.30. The zero-order chi connectivity index (χ0) is 12.8. The maximum absolute atomic E-state index is 11.9. The highest BCUT2D eigenvalue weighted by Crippen LogP contribution is 2.13. The molecular weight excluding hydrogens is 238 g/mol. The third-order valence-electron chi connectivity index (χ3n) is 2.95. The van der Waals surface area contributed by atoms with Gasteiger partial charge < -0.3 is 5.32 Å². The molecule has 1 atom stereocenters. The normalized spacial score (nSPS) is 12.5. The van der Waals surface area contributed by atoms with E-state index in [1.54, 1.807) is 0 Å². The van der Waals surface area contributed by atoms with Crippen LogP contribution in [0.1, 0.15) is 44.1 Å². The Hall–Kier alpha value is -1.16. The summed E-state index contributed by atoms with van der Waals surface area (Å²) < 4.78 is 0. The molecule has 17 heavy (non-hydrogen) atoms. The molecule has 1 heterocycles. The molecule has 0 bridgehead atoms. The van der Waals surface area contributed by atoms with Crippen molar-refractivity contribution in [1.29, 1.82) is 0 Å². The van der Waals surface area contributed by atoms with Crippen LogP contribution in [0.3, 0.4) is 0 Å². The van der Waals surface area contributed by atoms with Crippen molar-refractivity contribution in [2.45, 2.75) is 39.7 Å². The summed E-state index contributed by atoms with van der Waals surface area (Å²) in [6, 6.07) is 0.123. The number of nitrogens with zero attached hydrogens (tertiary/aromatic N) is 2. The van der Waals surface area contributed by atoms with Gasteiger partial charge in [0, 0.05) is 6.04 Å². The molecule has 1 N–H and O–H groups in total. The fourth-order valence-electron chi connectivity index (χ4n) is 1.85. The zero-order valence-electron chi connectivity index (χ0n) is 10.4. The molecule has 1 aromatic heterocycles. The lowest BCUT2D eigenvalue weighted by Gasteiger charge is -2.22. The maximum atomic E-state index is 11.9. The number of amides is 1. The number of halogens is 1. The highest BCUT2D eigenvalue weighted by Gasteiger charge is 2.17. The van der Waals surface area contributed by atoms with Gasteiger partial charge in [-0.05, 0) is 12.8 Å². The minimum absolute atomic E-state index is 0.123. The molecule has 0 aliphatic heterocycles. The zero-order valence-corrected chi connectivity index (χ0v) is 11.2. The molecule has 0 saturated carbocycles. The molecular formula is C12H18ClN3O. The molecule has 0 saturated heterocycles. The molecule has 0 radical (unpaired) electrons. The van der Waals surface area contributed by atoms with Crippen molar-refractivity contribution in [2.75, 3.05) is 0 Å². The van der Waals surface area contributed by atoms with Gasteiger partial charge in [-0.15, -0.1) is 0 Å². The van der Waals surface area contributed by atoms with Crippen LogP contribution < -0.4 is 5.32 Å². The number of carbonyl (C=O) groups excluding carboxylic acids is 1. The number of carbonyl (C=O) groups is 1. The van der Waals surface area contributed by atoms with E-state index in [1.807, 2.05) is 6.92 Å². The van der Waals surface area contributed by atoms with Crippen molar-refractivity contribution in [1.82, 2.24) is 15.3 Å². The lowest BCUT2D eigenvalue weighted by Crippen LogP contribution is -2.38. The van der Waals surface area contributed by atoms with Crippen molar-refractivity contribution in [2.24, 2.45) is 5.92 Å². The maximum Gasteiger partial charge on any atom is 0.271 e. The van der Waals surface area contributed by atoms with E-state index in [0.29, 0.717) is 5.92 Å². The average molecular weight is 256 g/mol. The Morgan fingerprint density at radius 1 is 1.41 bits per heavy atom. The summed E-state index contributed by atoms with van der Waals surface area (Å²) in [6.45, 7) is 6.25. The molecule has 1 rings (SSSR count). The van der Waals surface area contributed by atoms with Crippen molar-refractivity contribution < 1.29 is 4.79 Å². The van der Waals surface area contributed by atoms with Crippen LogP contribution in [0.25, 0.3) is 0 Å². The molecule has 0 fully saturated rings. The third kappa shape index (κ3) is 3.97. The van der Waals surface area contributed by atoms with Crippen LogP contribution >= 0.6 is 11.6 Å². The molecule has 5 heteroatoms. The van der Waals surface area contributed by atoms with Gasteiger partial charge in [-0.2, -0.15) is 0 Å². The fraction of sp³-hybridized carbons (Fsp3) is 0.583. The van der Waals surface area contributed by atoms with Crippen LogP contribution in [0.4, 0.5) is 0 Å². The van der Waals surface area contributed by atoms with Crippen LogP contribution in [0.15, 0.2) is 12.4 Å². The Morgan fingerprint density at radius 2 is 2.06 bits per heavy atom. The highest BCUT2D eigenvalue weighted by atomic mass is 35.5. The van der Waals surface area contributed by atoms with Crippen molar-refractivity contribution in [3.05, 3.63) is 23.2 Å². The predicted molar refractivity (Wildman–Crippen MR) is 68.0 cm³/mol. The first kappa shape index (κ1) is 13.9. The fourth-order valence-corrected chi connectivity index (χ4v) is 1.99. The quantitative estimate of drug-likeness (QED) is 0.880. The first-order chi connectivity index (χ1) is 8.08. The van der Waals surface area contributed by atoms with E-state index in [-0.39, 0.29) is 22.8 Å². The van der Waals surface area contributed by atoms with Crippen LogP contribution in [-0.4, -0.2) is 21.9 Å². The van der Waals surface area contributed by atoms with E-state index in [0.717, 1.165) is 12.8 Å². The lowest BCUT2D eigenvalue weighted by molar-refractivity contribution is 0.0919. The van der Waals surface area contributed by atoms with Crippen LogP contribution in [0.5, 0.6) is 0 Å². The van der Waals surface area contributed by atoms with E-state index in [9.17, 15) is 4.79 Å². The van der Waals surface area contributed by atoms with Gasteiger partial charge in [0.2, 0.25) is 0 Å². The summed E-state index contributed by atoms with van der Waals surface area (Å²) in [5, 5.41) is 3.15. The monoisotopic (exact) mass is 255 g/mol. The van der Waals surface area contributed by atoms with E-state index in [1.165, 1.54) is 12.4 Å². The second kappa shape index (κ2) is 6.55. The van der Waals surface area contributed by atoms with Gasteiger partial charge >= 0.3 is 0 Å². The van der Waals surface area contributed by atoms with Gasteiger partial charge in [0.1, 0.15) is 10.8 Å². The van der Waals surface area contributed by atoms with Gasteiger partial charge in [0.15, 0.2) is 0 Å². The number of rotatable bonds is 5. The number of aromatic nitrogens is 2. The summed E-state index contributed by atoms with van der Waals surface area (Å²) in [5.41, 5.74) is 0.260. The second-order valence-corrected chi connectivity index (χ2v) is 4.45. The molecule has 4 nitrogen and oxygen atoms in total. The summed E-state index contributed by atoms with van der Waals surface area (Å²) in [6.07, 6.45) is 4.90. The van der Waals surface area contributed by atoms with Crippen LogP contribution in [0.2, 0.25) is 5.15 Å². The van der Waals surface area contributed by atoms with Gasteiger partial charge in [0.05, 0.1) is 12.4 Å². The molecule has 0 aliphatic carbocycles. The smallest absolute Gasteiger partial charge is 0.271 e. The number of hydrogen-bond acceptors (Lipinski definition) is 3. The SMILES string of the molecule is CCC(CC)C(C)NC(=O)c1cncc(Cl)n1. The molecule has 94 valence electrons. The second-order valence-electron chi connectivity index (χ2n) is 4.07. The first-order valence-corrected chi connectivity index (χ1v) is 6.24. The minimum atomic E-state index is -0.223. The molecule has 0 aromatic carbocycles. The summed E-state index contributed by atoms with van der Waals surface area (Å²) in [7, 11) is 0. The standard InChI is InChI=1S/C12H18ClN3O/c1-4-9(5-2)8(3)15-12(17)10-6-14-7-11(13)16-10/h6-9H,4-5H2,1-3H3,(H,15,17). The van der Waals surface area contributed by atoms with Crippen LogP contribution in [0, 0.1) is 5.92 Å². The summed E-state index contributed by atoms with van der Waals surface area (Å²) in [5.74, 6) is 0.255. The largest absolute Gasteiger partial charge is 0.348 e.